The normalized spacial score (nSPS) is 39.2. The zero-order valence-electron chi connectivity index (χ0n) is 28.8. The topological polar surface area (TPSA) is 62.2 Å². The van der Waals surface area contributed by atoms with Crippen molar-refractivity contribution in [2.45, 2.75) is 130 Å². The molecular weight excluding hydrogens is 544 g/mol. The molecule has 0 unspecified atom stereocenters. The van der Waals surface area contributed by atoms with Gasteiger partial charge in [-0.05, 0) is 66.5 Å². The fourth-order valence-corrected chi connectivity index (χ4v) is 8.11. The van der Waals surface area contributed by atoms with Crippen molar-refractivity contribution in [3.63, 3.8) is 0 Å². The molecule has 240 valence electrons. The first-order valence-electron chi connectivity index (χ1n) is 16.3. The minimum atomic E-state index is -0.847. The van der Waals surface area contributed by atoms with Crippen molar-refractivity contribution < 1.29 is 19.7 Å². The van der Waals surface area contributed by atoms with E-state index in [1.54, 1.807) is 0 Å². The van der Waals surface area contributed by atoms with Crippen molar-refractivity contribution in [2.75, 3.05) is 0 Å². The Kier molecular flexibility index (Phi) is 9.66. The van der Waals surface area contributed by atoms with Gasteiger partial charge >= 0.3 is 0 Å². The van der Waals surface area contributed by atoms with E-state index >= 15 is 0 Å². The number of aliphatic hydroxyl groups is 2. The molecule has 2 N–H and O–H groups in total. The highest BCUT2D eigenvalue weighted by molar-refractivity contribution is 5.37. The van der Waals surface area contributed by atoms with Gasteiger partial charge in [0, 0.05) is 23.7 Å². The number of ether oxygens (including phenoxy) is 2. The van der Waals surface area contributed by atoms with E-state index in [4.69, 9.17) is 9.47 Å². The summed E-state index contributed by atoms with van der Waals surface area (Å²) in [5.74, 6) is 0. The molecule has 1 saturated carbocycles. The molecule has 0 amide bonds. The standard InChI is InChI=1S/C40H56O4/c1-29(17-13-19-31(3)21-23-39-36(7,8)27-34(43-39)28-37(39,9)42)15-11-12-16-30(2)18-14-20-32(4)22-24-40-35(5,6)25-33(41)26-38(40,10)44-40/h11-24,33-34,41-42H,25-28H2,1-10H3/b12-11+,17-13+,18-14+,23-21+,24-22+,29-15+,30-16+,31-19+,32-20+/t33-,34+,37+,38+,39-,40-/m0/s1. The predicted molar refractivity (Wildman–Crippen MR) is 183 cm³/mol. The fourth-order valence-electron chi connectivity index (χ4n) is 8.11. The van der Waals surface area contributed by atoms with Crippen LogP contribution in [0, 0.1) is 10.8 Å². The number of allylic oxidation sites excluding steroid dienone is 16. The summed E-state index contributed by atoms with van der Waals surface area (Å²) < 4.78 is 12.6. The molecule has 4 fully saturated rings. The number of aliphatic hydroxyl groups excluding tert-OH is 1. The summed E-state index contributed by atoms with van der Waals surface area (Å²) in [5.41, 5.74) is 2.37. The number of epoxide rings is 1. The summed E-state index contributed by atoms with van der Waals surface area (Å²) in [7, 11) is 0. The first kappa shape index (κ1) is 34.4. The minimum Gasteiger partial charge on any atom is -0.393 e. The Balaban J connectivity index is 1.27. The van der Waals surface area contributed by atoms with Crippen molar-refractivity contribution >= 4 is 0 Å². The van der Waals surface area contributed by atoms with Gasteiger partial charge < -0.3 is 19.7 Å². The van der Waals surface area contributed by atoms with Gasteiger partial charge in [-0.1, -0.05) is 123 Å². The molecule has 2 bridgehead atoms. The molecule has 4 heteroatoms. The van der Waals surface area contributed by atoms with Crippen LogP contribution in [-0.4, -0.2) is 44.8 Å². The van der Waals surface area contributed by atoms with Crippen LogP contribution in [0.15, 0.2) is 107 Å². The summed E-state index contributed by atoms with van der Waals surface area (Å²) in [6.07, 6.45) is 32.4. The highest BCUT2D eigenvalue weighted by Crippen LogP contribution is 2.66. The first-order chi connectivity index (χ1) is 20.4. The lowest BCUT2D eigenvalue weighted by Crippen LogP contribution is -2.56. The largest absolute Gasteiger partial charge is 0.393 e. The molecular formula is C40H56O4. The second kappa shape index (κ2) is 12.4. The van der Waals surface area contributed by atoms with Crippen LogP contribution in [0.2, 0.25) is 0 Å². The summed E-state index contributed by atoms with van der Waals surface area (Å²) >= 11 is 0. The van der Waals surface area contributed by atoms with Gasteiger partial charge in [-0.3, -0.25) is 0 Å². The summed E-state index contributed by atoms with van der Waals surface area (Å²) in [5, 5.41) is 21.3. The zero-order valence-corrected chi connectivity index (χ0v) is 28.8. The van der Waals surface area contributed by atoms with Gasteiger partial charge in [0.1, 0.15) is 16.8 Å². The van der Waals surface area contributed by atoms with Crippen LogP contribution in [0.3, 0.4) is 0 Å². The van der Waals surface area contributed by atoms with Crippen molar-refractivity contribution in [3.05, 3.63) is 107 Å². The molecule has 3 aliphatic heterocycles. The number of hydrogen-bond donors (Lipinski definition) is 2. The van der Waals surface area contributed by atoms with E-state index in [0.29, 0.717) is 12.8 Å². The van der Waals surface area contributed by atoms with Gasteiger partial charge in [0.2, 0.25) is 0 Å². The monoisotopic (exact) mass is 600 g/mol. The van der Waals surface area contributed by atoms with Crippen LogP contribution in [0.5, 0.6) is 0 Å². The Bertz CT molecular complexity index is 1350. The van der Waals surface area contributed by atoms with Gasteiger partial charge in [0.05, 0.1) is 17.8 Å². The number of hydrogen-bond acceptors (Lipinski definition) is 4. The molecule has 1 aliphatic carbocycles. The second-order valence-electron chi connectivity index (χ2n) is 15.5. The van der Waals surface area contributed by atoms with E-state index < -0.39 is 11.2 Å². The highest BCUT2D eigenvalue weighted by Gasteiger charge is 2.74. The molecule has 4 rings (SSSR count). The molecule has 4 nitrogen and oxygen atoms in total. The minimum absolute atomic E-state index is 0.0969. The Morgan fingerprint density at radius 3 is 1.52 bits per heavy atom. The Labute approximate surface area is 267 Å². The maximum atomic E-state index is 11.1. The third-order valence-electron chi connectivity index (χ3n) is 10.5. The third kappa shape index (κ3) is 6.70. The molecule has 0 aromatic rings. The second-order valence-corrected chi connectivity index (χ2v) is 15.5. The molecule has 44 heavy (non-hydrogen) atoms. The summed E-state index contributed by atoms with van der Waals surface area (Å²) in [4.78, 5) is 0. The fraction of sp³-hybridized carbons (Fsp3) is 0.550. The maximum absolute atomic E-state index is 11.1. The number of fused-ring (bicyclic) bond motifs is 3. The van der Waals surface area contributed by atoms with E-state index in [-0.39, 0.29) is 34.2 Å². The van der Waals surface area contributed by atoms with Gasteiger partial charge in [0.25, 0.3) is 0 Å². The predicted octanol–water partition coefficient (Wildman–Crippen LogP) is 8.97. The van der Waals surface area contributed by atoms with Crippen molar-refractivity contribution in [1.82, 2.24) is 0 Å². The van der Waals surface area contributed by atoms with E-state index in [2.05, 4.69) is 147 Å². The Morgan fingerprint density at radius 2 is 1.05 bits per heavy atom. The first-order valence-corrected chi connectivity index (χ1v) is 16.3. The molecule has 0 aromatic heterocycles. The van der Waals surface area contributed by atoms with E-state index in [9.17, 15) is 10.2 Å². The number of rotatable bonds is 10. The third-order valence-corrected chi connectivity index (χ3v) is 10.5. The highest BCUT2D eigenvalue weighted by atomic mass is 16.6. The van der Waals surface area contributed by atoms with Gasteiger partial charge in [-0.25, -0.2) is 0 Å². The molecule has 0 radical (unpaired) electrons. The van der Waals surface area contributed by atoms with Gasteiger partial charge in [-0.15, -0.1) is 0 Å². The zero-order chi connectivity index (χ0) is 32.6. The van der Waals surface area contributed by atoms with Crippen LogP contribution in [-0.2, 0) is 9.47 Å². The smallest absolute Gasteiger partial charge is 0.121 e. The van der Waals surface area contributed by atoms with Crippen LogP contribution < -0.4 is 0 Å². The average molecular weight is 601 g/mol. The summed E-state index contributed by atoms with van der Waals surface area (Å²) in [6.45, 7) is 21.2. The van der Waals surface area contributed by atoms with Crippen LogP contribution in [0.4, 0.5) is 0 Å². The lowest BCUT2D eigenvalue weighted by atomic mass is 9.61. The molecule has 3 saturated heterocycles. The van der Waals surface area contributed by atoms with Gasteiger partial charge in [-0.2, -0.15) is 0 Å². The van der Waals surface area contributed by atoms with E-state index in [1.165, 1.54) is 11.1 Å². The SMILES string of the molecule is CC(/C=C/C=C(C)/C=C/[C@@]12O[C@]1(C)C[C@@H](O)CC2(C)C)=C\C=C\C=C(C)\C=C\C=C(C)\C=C\[C@]12O[C@H](CC1(C)C)C[C@@]2(C)O. The van der Waals surface area contributed by atoms with Crippen molar-refractivity contribution in [1.29, 1.82) is 0 Å². The molecule has 0 spiro atoms. The van der Waals surface area contributed by atoms with Crippen molar-refractivity contribution in [3.8, 4) is 0 Å². The molecule has 6 atom stereocenters. The lowest BCUT2D eigenvalue weighted by Gasteiger charge is -2.46. The molecule has 4 aliphatic rings. The average Bonchev–Trinajstić information content (AvgIpc) is 3.30. The molecule has 0 aromatic carbocycles. The Morgan fingerprint density at radius 1 is 0.591 bits per heavy atom. The van der Waals surface area contributed by atoms with Crippen LogP contribution >= 0.6 is 0 Å². The summed E-state index contributed by atoms with van der Waals surface area (Å²) in [6, 6.07) is 0. The quantitative estimate of drug-likeness (QED) is 0.194. The lowest BCUT2D eigenvalue weighted by molar-refractivity contribution is -0.115. The Hall–Kier alpha value is -2.50. The van der Waals surface area contributed by atoms with Crippen LogP contribution in [0.25, 0.3) is 0 Å². The van der Waals surface area contributed by atoms with Gasteiger partial charge in [0.15, 0.2) is 0 Å². The van der Waals surface area contributed by atoms with E-state index in [0.717, 1.165) is 24.0 Å². The van der Waals surface area contributed by atoms with Crippen LogP contribution in [0.1, 0.15) is 94.9 Å². The van der Waals surface area contributed by atoms with Crippen molar-refractivity contribution in [2.24, 2.45) is 10.8 Å². The molecule has 3 heterocycles. The maximum Gasteiger partial charge on any atom is 0.121 e. The van der Waals surface area contributed by atoms with E-state index in [1.807, 2.05) is 6.92 Å².